The average molecular weight is 254 g/mol. The van der Waals surface area contributed by atoms with Crippen LogP contribution in [-0.2, 0) is 7.05 Å². The van der Waals surface area contributed by atoms with Crippen molar-refractivity contribution in [3.05, 3.63) is 35.1 Å². The molecule has 2 aromatic rings. The van der Waals surface area contributed by atoms with Crippen LogP contribution < -0.4 is 5.73 Å². The van der Waals surface area contributed by atoms with Crippen LogP contribution in [-0.4, -0.2) is 9.55 Å². The van der Waals surface area contributed by atoms with Gasteiger partial charge in [-0.2, -0.15) is 0 Å². The molecule has 0 bridgehead atoms. The zero-order valence-corrected chi connectivity index (χ0v) is 10.6. The van der Waals surface area contributed by atoms with Crippen LogP contribution in [0.5, 0.6) is 0 Å². The molecule has 0 aliphatic heterocycles. The van der Waals surface area contributed by atoms with Gasteiger partial charge in [0.05, 0.1) is 10.7 Å². The van der Waals surface area contributed by atoms with Gasteiger partial charge in [0.25, 0.3) is 0 Å². The van der Waals surface area contributed by atoms with E-state index in [0.717, 1.165) is 15.6 Å². The lowest BCUT2D eigenvalue weighted by Gasteiger charge is -2.07. The van der Waals surface area contributed by atoms with E-state index >= 15 is 0 Å². The molecule has 0 atom stereocenters. The summed E-state index contributed by atoms with van der Waals surface area (Å²) in [5.41, 5.74) is 7.45. The highest BCUT2D eigenvalue weighted by atomic mass is 35.5. The Bertz CT molecular complexity index is 522. The molecule has 0 saturated carbocycles. The first-order chi connectivity index (χ1) is 7.58. The highest BCUT2D eigenvalue weighted by Crippen LogP contribution is 2.33. The lowest BCUT2D eigenvalue weighted by molar-refractivity contribution is 0.790. The van der Waals surface area contributed by atoms with Gasteiger partial charge in [-0.3, -0.25) is 0 Å². The normalized spacial score (nSPS) is 10.7. The summed E-state index contributed by atoms with van der Waals surface area (Å²) in [5, 5.41) is 1.52. The van der Waals surface area contributed by atoms with Gasteiger partial charge < -0.3 is 10.3 Å². The molecule has 0 aliphatic carbocycles. The van der Waals surface area contributed by atoms with Crippen molar-refractivity contribution < 1.29 is 0 Å². The van der Waals surface area contributed by atoms with Gasteiger partial charge in [-0.05, 0) is 24.6 Å². The van der Waals surface area contributed by atoms with Crippen molar-refractivity contribution in [2.75, 3.05) is 5.73 Å². The Labute approximate surface area is 104 Å². The fraction of sp³-hybridized carbons (Fsp3) is 0.182. The van der Waals surface area contributed by atoms with Gasteiger partial charge in [0.1, 0.15) is 0 Å². The average Bonchev–Trinajstić information content (AvgIpc) is 2.61. The molecule has 0 fully saturated rings. The van der Waals surface area contributed by atoms with E-state index in [-0.39, 0.29) is 0 Å². The second-order valence-corrected chi connectivity index (χ2v) is 4.98. The number of nitrogens with zero attached hydrogens (tertiary/aromatic N) is 2. The minimum absolute atomic E-state index is 0.585. The Morgan fingerprint density at radius 1 is 1.44 bits per heavy atom. The molecule has 5 heteroatoms. The summed E-state index contributed by atoms with van der Waals surface area (Å²) >= 11 is 7.58. The molecule has 1 aromatic carbocycles. The van der Waals surface area contributed by atoms with Gasteiger partial charge >= 0.3 is 0 Å². The maximum Gasteiger partial charge on any atom is 0.172 e. The number of anilines is 1. The van der Waals surface area contributed by atoms with E-state index in [0.29, 0.717) is 10.7 Å². The van der Waals surface area contributed by atoms with Crippen molar-refractivity contribution in [1.29, 1.82) is 0 Å². The third kappa shape index (κ3) is 2.18. The summed E-state index contributed by atoms with van der Waals surface area (Å²) in [6.07, 6.45) is 3.69. The van der Waals surface area contributed by atoms with Crippen molar-refractivity contribution in [2.24, 2.45) is 7.05 Å². The summed E-state index contributed by atoms with van der Waals surface area (Å²) in [7, 11) is 1.96. The highest BCUT2D eigenvalue weighted by molar-refractivity contribution is 7.99. The number of imidazole rings is 1. The van der Waals surface area contributed by atoms with Gasteiger partial charge in [0.15, 0.2) is 5.16 Å². The lowest BCUT2D eigenvalue weighted by atomic mass is 10.2. The standard InChI is InChI=1S/C11H12ClN3S/c1-7-5-9(13)8(12)6-10(7)16-11-14-3-4-15(11)2/h3-6H,13H2,1-2H3. The Morgan fingerprint density at radius 2 is 2.19 bits per heavy atom. The number of hydrogen-bond donors (Lipinski definition) is 1. The molecular formula is C11H12ClN3S. The molecule has 2 N–H and O–H groups in total. The zero-order chi connectivity index (χ0) is 11.7. The summed E-state index contributed by atoms with van der Waals surface area (Å²) in [4.78, 5) is 5.33. The smallest absolute Gasteiger partial charge is 0.172 e. The van der Waals surface area contributed by atoms with Crippen LogP contribution >= 0.6 is 23.4 Å². The molecule has 0 saturated heterocycles. The molecule has 84 valence electrons. The topological polar surface area (TPSA) is 43.8 Å². The maximum atomic E-state index is 6.00. The van der Waals surface area contributed by atoms with Crippen LogP contribution in [0.3, 0.4) is 0 Å². The number of benzene rings is 1. The van der Waals surface area contributed by atoms with Crippen LogP contribution in [0.4, 0.5) is 5.69 Å². The van der Waals surface area contributed by atoms with Gasteiger partial charge in [-0.1, -0.05) is 23.4 Å². The summed E-state index contributed by atoms with van der Waals surface area (Å²) in [5.74, 6) is 0. The maximum absolute atomic E-state index is 6.00. The molecule has 0 spiro atoms. The first kappa shape index (κ1) is 11.4. The van der Waals surface area contributed by atoms with E-state index in [2.05, 4.69) is 4.98 Å². The minimum atomic E-state index is 0.585. The summed E-state index contributed by atoms with van der Waals surface area (Å²) in [6, 6.07) is 3.76. The van der Waals surface area contributed by atoms with E-state index in [4.69, 9.17) is 17.3 Å². The summed E-state index contributed by atoms with van der Waals surface area (Å²) in [6.45, 7) is 2.01. The molecule has 0 radical (unpaired) electrons. The highest BCUT2D eigenvalue weighted by Gasteiger charge is 2.08. The van der Waals surface area contributed by atoms with Crippen molar-refractivity contribution in [3.8, 4) is 0 Å². The monoisotopic (exact) mass is 253 g/mol. The lowest BCUT2D eigenvalue weighted by Crippen LogP contribution is -1.92. The van der Waals surface area contributed by atoms with Crippen LogP contribution in [0.2, 0.25) is 5.02 Å². The third-order valence-electron chi connectivity index (χ3n) is 2.27. The van der Waals surface area contributed by atoms with E-state index < -0.39 is 0 Å². The van der Waals surface area contributed by atoms with Gasteiger partial charge in [0.2, 0.25) is 0 Å². The number of nitrogen functional groups attached to an aromatic ring is 1. The minimum Gasteiger partial charge on any atom is -0.398 e. The van der Waals surface area contributed by atoms with Crippen LogP contribution in [0.25, 0.3) is 0 Å². The second-order valence-electron chi connectivity index (χ2n) is 3.56. The summed E-state index contributed by atoms with van der Waals surface area (Å²) < 4.78 is 1.97. The van der Waals surface area contributed by atoms with Gasteiger partial charge in [0, 0.05) is 24.3 Å². The van der Waals surface area contributed by atoms with E-state index in [1.807, 2.05) is 36.9 Å². The van der Waals surface area contributed by atoms with E-state index in [1.165, 1.54) is 0 Å². The quantitative estimate of drug-likeness (QED) is 0.837. The Balaban J connectivity index is 2.35. The van der Waals surface area contributed by atoms with Crippen molar-refractivity contribution in [3.63, 3.8) is 0 Å². The van der Waals surface area contributed by atoms with Crippen LogP contribution in [0, 0.1) is 6.92 Å². The molecule has 1 heterocycles. The Kier molecular flexibility index (Phi) is 3.12. The van der Waals surface area contributed by atoms with E-state index in [1.54, 1.807) is 18.0 Å². The number of hydrogen-bond acceptors (Lipinski definition) is 3. The number of aryl methyl sites for hydroxylation is 2. The first-order valence-corrected chi connectivity index (χ1v) is 5.98. The van der Waals surface area contributed by atoms with Crippen LogP contribution in [0.1, 0.15) is 5.56 Å². The SMILES string of the molecule is Cc1cc(N)c(Cl)cc1Sc1nccn1C. The van der Waals surface area contributed by atoms with Gasteiger partial charge in [-0.25, -0.2) is 4.98 Å². The van der Waals surface area contributed by atoms with Crippen molar-refractivity contribution in [2.45, 2.75) is 17.0 Å². The molecule has 3 nitrogen and oxygen atoms in total. The van der Waals surface area contributed by atoms with Crippen molar-refractivity contribution in [1.82, 2.24) is 9.55 Å². The van der Waals surface area contributed by atoms with Crippen LogP contribution in [0.15, 0.2) is 34.6 Å². The number of nitrogens with two attached hydrogens (primary N) is 1. The predicted molar refractivity (Wildman–Crippen MR) is 67.9 cm³/mol. The predicted octanol–water partition coefficient (Wildman–Crippen LogP) is 3.12. The molecule has 0 unspecified atom stereocenters. The molecular weight excluding hydrogens is 242 g/mol. The number of rotatable bonds is 2. The molecule has 1 aromatic heterocycles. The van der Waals surface area contributed by atoms with Crippen molar-refractivity contribution >= 4 is 29.1 Å². The molecule has 0 aliphatic rings. The van der Waals surface area contributed by atoms with Gasteiger partial charge in [-0.15, -0.1) is 0 Å². The van der Waals surface area contributed by atoms with E-state index in [9.17, 15) is 0 Å². The fourth-order valence-electron chi connectivity index (χ4n) is 1.34. The molecule has 2 rings (SSSR count). The largest absolute Gasteiger partial charge is 0.398 e. The zero-order valence-electron chi connectivity index (χ0n) is 9.07. The Morgan fingerprint density at radius 3 is 2.81 bits per heavy atom. The molecule has 0 amide bonds. The number of halogens is 1. The molecule has 16 heavy (non-hydrogen) atoms. The second kappa shape index (κ2) is 4.39. The first-order valence-electron chi connectivity index (χ1n) is 4.78. The fourth-order valence-corrected chi connectivity index (χ4v) is 2.48. The Hall–Kier alpha value is -1.13. The number of aromatic nitrogens is 2. The third-order valence-corrected chi connectivity index (χ3v) is 3.84.